The third kappa shape index (κ3) is 2.45. The molecule has 0 amide bonds. The molecular weight excluding hydrogens is 266 g/mol. The average Bonchev–Trinajstić information content (AvgIpc) is 2.45. The Kier molecular flexibility index (Phi) is 3.72. The lowest BCUT2D eigenvalue weighted by Crippen LogP contribution is -2.62. The summed E-state index contributed by atoms with van der Waals surface area (Å²) >= 11 is 0. The van der Waals surface area contributed by atoms with Crippen molar-refractivity contribution in [2.24, 2.45) is 11.1 Å². The van der Waals surface area contributed by atoms with Gasteiger partial charge in [0.1, 0.15) is 5.75 Å². The monoisotopic (exact) mass is 291 g/mol. The van der Waals surface area contributed by atoms with Crippen molar-refractivity contribution in [1.82, 2.24) is 0 Å². The summed E-state index contributed by atoms with van der Waals surface area (Å²) in [5.74, 6) is 0.915. The van der Waals surface area contributed by atoms with Gasteiger partial charge >= 0.3 is 0 Å². The van der Waals surface area contributed by atoms with Gasteiger partial charge in [0.2, 0.25) is 0 Å². The average molecular weight is 291 g/mol. The number of rotatable bonds is 2. The van der Waals surface area contributed by atoms with E-state index in [1.165, 1.54) is 0 Å². The summed E-state index contributed by atoms with van der Waals surface area (Å²) < 4.78 is 11.7. The van der Waals surface area contributed by atoms with Gasteiger partial charge in [0.15, 0.2) is 0 Å². The van der Waals surface area contributed by atoms with Crippen LogP contribution in [0.3, 0.4) is 0 Å². The Hall–Kier alpha value is -1.10. The van der Waals surface area contributed by atoms with Crippen LogP contribution >= 0.6 is 0 Å². The molecule has 3 rings (SSSR count). The molecule has 2 aliphatic rings. The van der Waals surface area contributed by atoms with Crippen LogP contribution in [-0.2, 0) is 11.2 Å². The van der Waals surface area contributed by atoms with Gasteiger partial charge in [-0.25, -0.2) is 0 Å². The Morgan fingerprint density at radius 2 is 1.90 bits per heavy atom. The fourth-order valence-electron chi connectivity index (χ4n) is 4.00. The van der Waals surface area contributed by atoms with Gasteiger partial charge in [-0.15, -0.1) is 0 Å². The molecular formula is C17H25NO3. The maximum absolute atomic E-state index is 11.4. The first-order valence-electron chi connectivity index (χ1n) is 7.77. The largest absolute Gasteiger partial charge is 0.493 e. The molecule has 0 bridgehead atoms. The zero-order chi connectivity index (χ0) is 15.1. The molecule has 3 unspecified atom stereocenters. The lowest BCUT2D eigenvalue weighted by atomic mass is 9.62. The summed E-state index contributed by atoms with van der Waals surface area (Å²) in [4.78, 5) is 0. The molecule has 0 aromatic heterocycles. The van der Waals surface area contributed by atoms with E-state index in [4.69, 9.17) is 15.2 Å². The summed E-state index contributed by atoms with van der Waals surface area (Å²) in [6.45, 7) is 4.92. The number of hydrogen-bond acceptors (Lipinski definition) is 4. The van der Waals surface area contributed by atoms with Crippen LogP contribution in [0.25, 0.3) is 0 Å². The van der Waals surface area contributed by atoms with Crippen molar-refractivity contribution >= 4 is 0 Å². The van der Waals surface area contributed by atoms with Gasteiger partial charge in [-0.3, -0.25) is 0 Å². The molecule has 0 spiro atoms. The summed E-state index contributed by atoms with van der Waals surface area (Å²) in [5.41, 5.74) is 5.98. The van der Waals surface area contributed by atoms with Crippen molar-refractivity contribution in [3.05, 3.63) is 29.8 Å². The number of ether oxygens (including phenoxy) is 2. The summed E-state index contributed by atoms with van der Waals surface area (Å²) in [6, 6.07) is 8.03. The number of benzene rings is 1. The van der Waals surface area contributed by atoms with Crippen LogP contribution in [0.15, 0.2) is 24.3 Å². The molecule has 0 saturated carbocycles. The van der Waals surface area contributed by atoms with E-state index in [0.717, 1.165) is 17.7 Å². The Morgan fingerprint density at radius 1 is 1.24 bits per heavy atom. The second-order valence-corrected chi connectivity index (χ2v) is 6.75. The van der Waals surface area contributed by atoms with Gasteiger partial charge in [-0.1, -0.05) is 18.2 Å². The predicted octanol–water partition coefficient (Wildman–Crippen LogP) is 1.89. The quantitative estimate of drug-likeness (QED) is 0.873. The maximum Gasteiger partial charge on any atom is 0.122 e. The highest BCUT2D eigenvalue weighted by atomic mass is 16.5. The molecule has 4 heteroatoms. The van der Waals surface area contributed by atoms with Crippen LogP contribution in [0.5, 0.6) is 5.75 Å². The van der Waals surface area contributed by atoms with E-state index in [1.807, 2.05) is 32.0 Å². The molecule has 1 aromatic rings. The number of aliphatic hydroxyl groups is 1. The zero-order valence-corrected chi connectivity index (χ0v) is 12.8. The van der Waals surface area contributed by atoms with Crippen molar-refractivity contribution in [1.29, 1.82) is 0 Å². The topological polar surface area (TPSA) is 64.7 Å². The van der Waals surface area contributed by atoms with Crippen molar-refractivity contribution in [3.63, 3.8) is 0 Å². The van der Waals surface area contributed by atoms with E-state index >= 15 is 0 Å². The Bertz CT molecular complexity index is 509. The Labute approximate surface area is 126 Å². The van der Waals surface area contributed by atoms with Crippen molar-refractivity contribution in [2.45, 2.75) is 50.9 Å². The lowest BCUT2D eigenvalue weighted by Gasteiger charge is -2.53. The van der Waals surface area contributed by atoms with E-state index in [-0.39, 0.29) is 12.2 Å². The zero-order valence-electron chi connectivity index (χ0n) is 12.8. The minimum atomic E-state index is -0.841. The number of fused-ring (bicyclic) bond motifs is 1. The minimum Gasteiger partial charge on any atom is -0.493 e. The molecule has 1 fully saturated rings. The third-order valence-corrected chi connectivity index (χ3v) is 5.10. The normalized spacial score (nSPS) is 39.4. The standard InChI is InChI=1S/C17H25NO3/c1-12-7-17(19,8-13(2)21-12)16(10-18)9-14-5-3-4-6-15(14)20-11-16/h3-6,12-13,19H,7-11,18H2,1-2H3. The van der Waals surface area contributed by atoms with Gasteiger partial charge < -0.3 is 20.3 Å². The highest BCUT2D eigenvalue weighted by Crippen LogP contribution is 2.47. The first-order chi connectivity index (χ1) is 9.98. The molecule has 0 aliphatic carbocycles. The molecule has 3 N–H and O–H groups in total. The van der Waals surface area contributed by atoms with Crippen LogP contribution < -0.4 is 10.5 Å². The molecule has 21 heavy (non-hydrogen) atoms. The smallest absolute Gasteiger partial charge is 0.122 e. The number of hydrogen-bond donors (Lipinski definition) is 2. The van der Waals surface area contributed by atoms with Gasteiger partial charge in [0.25, 0.3) is 0 Å². The maximum atomic E-state index is 11.4. The summed E-state index contributed by atoms with van der Waals surface area (Å²) in [6.07, 6.45) is 2.06. The second-order valence-electron chi connectivity index (χ2n) is 6.75. The summed E-state index contributed by atoms with van der Waals surface area (Å²) in [5, 5.41) is 11.4. The van der Waals surface area contributed by atoms with E-state index < -0.39 is 11.0 Å². The van der Waals surface area contributed by atoms with E-state index in [0.29, 0.717) is 26.0 Å². The SMILES string of the molecule is CC1CC(O)(C2(CN)COc3ccccc3C2)CC(C)O1. The van der Waals surface area contributed by atoms with Gasteiger partial charge in [-0.05, 0) is 31.9 Å². The molecule has 1 saturated heterocycles. The van der Waals surface area contributed by atoms with Crippen LogP contribution in [0.4, 0.5) is 0 Å². The Morgan fingerprint density at radius 3 is 2.57 bits per heavy atom. The Balaban J connectivity index is 1.94. The number of nitrogens with two attached hydrogens (primary N) is 1. The summed E-state index contributed by atoms with van der Waals surface area (Å²) in [7, 11) is 0. The number of para-hydroxylation sites is 1. The fraction of sp³-hybridized carbons (Fsp3) is 0.647. The molecule has 116 valence electrons. The van der Waals surface area contributed by atoms with Crippen molar-refractivity contribution in [2.75, 3.05) is 13.2 Å². The van der Waals surface area contributed by atoms with E-state index in [9.17, 15) is 5.11 Å². The molecule has 2 aliphatic heterocycles. The van der Waals surface area contributed by atoms with Gasteiger partial charge in [0.05, 0.1) is 24.4 Å². The van der Waals surface area contributed by atoms with Crippen LogP contribution in [0.2, 0.25) is 0 Å². The molecule has 3 atom stereocenters. The van der Waals surface area contributed by atoms with Crippen LogP contribution in [0.1, 0.15) is 32.3 Å². The van der Waals surface area contributed by atoms with E-state index in [2.05, 4.69) is 6.07 Å². The molecule has 0 radical (unpaired) electrons. The first kappa shape index (κ1) is 14.8. The van der Waals surface area contributed by atoms with Crippen molar-refractivity contribution in [3.8, 4) is 5.75 Å². The fourth-order valence-corrected chi connectivity index (χ4v) is 4.00. The molecule has 1 aromatic carbocycles. The third-order valence-electron chi connectivity index (χ3n) is 5.10. The lowest BCUT2D eigenvalue weighted by molar-refractivity contribution is -0.195. The highest BCUT2D eigenvalue weighted by Gasteiger charge is 2.54. The highest BCUT2D eigenvalue weighted by molar-refractivity contribution is 5.37. The minimum absolute atomic E-state index is 0.0411. The van der Waals surface area contributed by atoms with Gasteiger partial charge in [0, 0.05) is 24.8 Å². The van der Waals surface area contributed by atoms with Crippen LogP contribution in [0, 0.1) is 5.41 Å². The predicted molar refractivity (Wildman–Crippen MR) is 81.3 cm³/mol. The first-order valence-corrected chi connectivity index (χ1v) is 7.77. The van der Waals surface area contributed by atoms with Crippen molar-refractivity contribution < 1.29 is 14.6 Å². The van der Waals surface area contributed by atoms with E-state index in [1.54, 1.807) is 0 Å². The van der Waals surface area contributed by atoms with Gasteiger partial charge in [-0.2, -0.15) is 0 Å². The van der Waals surface area contributed by atoms with Crippen LogP contribution in [-0.4, -0.2) is 36.1 Å². The molecule has 2 heterocycles. The molecule has 4 nitrogen and oxygen atoms in total. The second kappa shape index (κ2) is 5.27.